The van der Waals surface area contributed by atoms with Crippen molar-refractivity contribution >= 4 is 28.8 Å². The third-order valence-electron chi connectivity index (χ3n) is 4.22. The number of fused-ring (bicyclic) bond motifs is 1. The summed E-state index contributed by atoms with van der Waals surface area (Å²) in [5.41, 5.74) is 5.31. The van der Waals surface area contributed by atoms with Gasteiger partial charge in [-0.05, 0) is 43.7 Å². The number of nitrogens with zero attached hydrogens (tertiary/aromatic N) is 2. The monoisotopic (exact) mass is 306 g/mol. The minimum absolute atomic E-state index is 0.280. The molecule has 0 amide bonds. The number of aliphatic imine (C=N–C) groups is 1. The molecule has 2 aromatic carbocycles. The van der Waals surface area contributed by atoms with Crippen molar-refractivity contribution in [3.8, 4) is 0 Å². The number of carbonyl (C=O) groups is 1. The summed E-state index contributed by atoms with van der Waals surface area (Å²) in [7, 11) is 2.04. The van der Waals surface area contributed by atoms with E-state index in [1.54, 1.807) is 18.2 Å². The number of benzene rings is 2. The van der Waals surface area contributed by atoms with Crippen LogP contribution in [-0.2, 0) is 7.05 Å². The molecule has 116 valence electrons. The Balaban J connectivity index is 2.04. The highest BCUT2D eigenvalue weighted by atomic mass is 16.4. The van der Waals surface area contributed by atoms with Gasteiger partial charge >= 0.3 is 5.97 Å². The average molecular weight is 306 g/mol. The first-order chi connectivity index (χ1) is 11.0. The lowest BCUT2D eigenvalue weighted by molar-refractivity contribution is 0.0697. The Bertz CT molecular complexity index is 936. The number of carboxylic acids is 1. The summed E-state index contributed by atoms with van der Waals surface area (Å²) in [5.74, 6) is -0.923. The Hall–Kier alpha value is -2.88. The molecule has 0 saturated carbocycles. The second-order valence-corrected chi connectivity index (χ2v) is 5.64. The van der Waals surface area contributed by atoms with E-state index in [9.17, 15) is 4.79 Å². The molecular weight excluding hydrogens is 288 g/mol. The van der Waals surface area contributed by atoms with Crippen LogP contribution in [0.3, 0.4) is 0 Å². The number of hydrogen-bond acceptors (Lipinski definition) is 2. The molecule has 4 nitrogen and oxygen atoms in total. The Morgan fingerprint density at radius 2 is 1.91 bits per heavy atom. The largest absolute Gasteiger partial charge is 0.478 e. The van der Waals surface area contributed by atoms with Crippen LogP contribution in [0.4, 0.5) is 5.69 Å². The highest BCUT2D eigenvalue weighted by molar-refractivity contribution is 6.01. The molecule has 1 N–H and O–H groups in total. The van der Waals surface area contributed by atoms with Crippen LogP contribution in [0.15, 0.2) is 47.5 Å². The van der Waals surface area contributed by atoms with E-state index < -0.39 is 5.97 Å². The molecule has 4 heteroatoms. The van der Waals surface area contributed by atoms with Crippen molar-refractivity contribution in [1.82, 2.24) is 4.57 Å². The van der Waals surface area contributed by atoms with Gasteiger partial charge in [-0.25, -0.2) is 4.79 Å². The maximum atomic E-state index is 11.0. The normalized spacial score (nSPS) is 11.4. The summed E-state index contributed by atoms with van der Waals surface area (Å²) >= 11 is 0. The zero-order valence-corrected chi connectivity index (χ0v) is 13.4. The Morgan fingerprint density at radius 1 is 1.17 bits per heavy atom. The van der Waals surface area contributed by atoms with Crippen molar-refractivity contribution in [3.05, 3.63) is 64.8 Å². The Kier molecular flexibility index (Phi) is 3.74. The van der Waals surface area contributed by atoms with Crippen molar-refractivity contribution in [1.29, 1.82) is 0 Å². The standard InChI is InChI=1S/C19H18N2O2/c1-12-10-14(19(22)23)8-9-17(12)20-11-16-13(2)21(3)18-7-5-4-6-15(16)18/h4-11H,1-3H3,(H,22,23). The smallest absolute Gasteiger partial charge is 0.335 e. The van der Waals surface area contributed by atoms with E-state index in [0.717, 1.165) is 27.9 Å². The Labute approximate surface area is 134 Å². The summed E-state index contributed by atoms with van der Waals surface area (Å²) in [5, 5.41) is 10.2. The highest BCUT2D eigenvalue weighted by Gasteiger charge is 2.10. The summed E-state index contributed by atoms with van der Waals surface area (Å²) in [6.45, 7) is 3.94. The molecule has 0 saturated heterocycles. The van der Waals surface area contributed by atoms with Crippen molar-refractivity contribution in [2.24, 2.45) is 12.0 Å². The minimum Gasteiger partial charge on any atom is -0.478 e. The molecule has 0 radical (unpaired) electrons. The first kappa shape index (κ1) is 15.0. The molecule has 1 heterocycles. The lowest BCUT2D eigenvalue weighted by Crippen LogP contribution is -1.96. The predicted molar refractivity (Wildman–Crippen MR) is 93.0 cm³/mol. The number of aryl methyl sites for hydroxylation is 2. The predicted octanol–water partition coefficient (Wildman–Crippen LogP) is 4.24. The van der Waals surface area contributed by atoms with Crippen LogP contribution in [0.25, 0.3) is 10.9 Å². The number of para-hydroxylation sites is 1. The lowest BCUT2D eigenvalue weighted by atomic mass is 10.1. The second kappa shape index (κ2) is 5.72. The highest BCUT2D eigenvalue weighted by Crippen LogP contribution is 2.25. The number of aromatic carboxylic acids is 1. The SMILES string of the molecule is Cc1cc(C(=O)O)ccc1N=Cc1c(C)n(C)c2ccccc12. The zero-order chi connectivity index (χ0) is 16.6. The van der Waals surface area contributed by atoms with E-state index in [1.807, 2.05) is 32.3 Å². The maximum absolute atomic E-state index is 11.0. The van der Waals surface area contributed by atoms with Crippen LogP contribution in [0.2, 0.25) is 0 Å². The van der Waals surface area contributed by atoms with Gasteiger partial charge in [-0.2, -0.15) is 0 Å². The molecule has 0 aliphatic carbocycles. The van der Waals surface area contributed by atoms with Gasteiger partial charge in [-0.1, -0.05) is 18.2 Å². The van der Waals surface area contributed by atoms with Crippen LogP contribution in [0.1, 0.15) is 27.2 Å². The summed E-state index contributed by atoms with van der Waals surface area (Å²) in [6.07, 6.45) is 1.86. The first-order valence-corrected chi connectivity index (χ1v) is 7.41. The van der Waals surface area contributed by atoms with Crippen LogP contribution < -0.4 is 0 Å². The molecule has 0 bridgehead atoms. The molecule has 3 aromatic rings. The number of hydrogen-bond donors (Lipinski definition) is 1. The number of aromatic nitrogens is 1. The van der Waals surface area contributed by atoms with Crippen molar-refractivity contribution in [2.45, 2.75) is 13.8 Å². The van der Waals surface area contributed by atoms with Crippen molar-refractivity contribution in [2.75, 3.05) is 0 Å². The molecule has 1 aromatic heterocycles. The lowest BCUT2D eigenvalue weighted by Gasteiger charge is -2.02. The van der Waals surface area contributed by atoms with Crippen LogP contribution in [0.5, 0.6) is 0 Å². The van der Waals surface area contributed by atoms with Crippen molar-refractivity contribution < 1.29 is 9.90 Å². The maximum Gasteiger partial charge on any atom is 0.335 e. The van der Waals surface area contributed by atoms with Gasteiger partial charge in [0.25, 0.3) is 0 Å². The van der Waals surface area contributed by atoms with Crippen LogP contribution in [0, 0.1) is 13.8 Å². The van der Waals surface area contributed by atoms with Crippen molar-refractivity contribution in [3.63, 3.8) is 0 Å². The van der Waals surface area contributed by atoms with Gasteiger partial charge in [0.2, 0.25) is 0 Å². The van der Waals surface area contributed by atoms with Gasteiger partial charge in [0, 0.05) is 35.4 Å². The fourth-order valence-electron chi connectivity index (χ4n) is 2.78. The first-order valence-electron chi connectivity index (χ1n) is 7.41. The summed E-state index contributed by atoms with van der Waals surface area (Å²) in [4.78, 5) is 15.6. The van der Waals surface area contributed by atoms with Crippen LogP contribution in [-0.4, -0.2) is 21.9 Å². The Morgan fingerprint density at radius 3 is 2.61 bits per heavy atom. The van der Waals surface area contributed by atoms with E-state index in [2.05, 4.69) is 28.6 Å². The third kappa shape index (κ3) is 2.63. The van der Waals surface area contributed by atoms with E-state index in [0.29, 0.717) is 0 Å². The molecule has 23 heavy (non-hydrogen) atoms. The van der Waals surface area contributed by atoms with E-state index in [1.165, 1.54) is 5.52 Å². The van der Waals surface area contributed by atoms with Gasteiger partial charge < -0.3 is 9.67 Å². The zero-order valence-electron chi connectivity index (χ0n) is 13.4. The summed E-state index contributed by atoms with van der Waals surface area (Å²) in [6, 6.07) is 13.2. The molecule has 0 atom stereocenters. The van der Waals surface area contributed by atoms with Crippen LogP contribution >= 0.6 is 0 Å². The van der Waals surface area contributed by atoms with Gasteiger partial charge in [0.05, 0.1) is 11.3 Å². The second-order valence-electron chi connectivity index (χ2n) is 5.64. The fraction of sp³-hybridized carbons (Fsp3) is 0.158. The topological polar surface area (TPSA) is 54.6 Å². The fourth-order valence-corrected chi connectivity index (χ4v) is 2.78. The van der Waals surface area contributed by atoms with Gasteiger partial charge in [0.1, 0.15) is 0 Å². The number of rotatable bonds is 3. The quantitative estimate of drug-likeness (QED) is 0.736. The third-order valence-corrected chi connectivity index (χ3v) is 4.22. The molecule has 0 unspecified atom stereocenters. The van der Waals surface area contributed by atoms with E-state index in [4.69, 9.17) is 5.11 Å². The van der Waals surface area contributed by atoms with E-state index in [-0.39, 0.29) is 5.56 Å². The molecule has 0 aliphatic heterocycles. The molecule has 0 fully saturated rings. The average Bonchev–Trinajstić information content (AvgIpc) is 2.78. The molecule has 3 rings (SSSR count). The van der Waals surface area contributed by atoms with Gasteiger partial charge in [-0.15, -0.1) is 0 Å². The minimum atomic E-state index is -0.923. The molecule has 0 aliphatic rings. The van der Waals surface area contributed by atoms with Gasteiger partial charge in [0.15, 0.2) is 0 Å². The molecular formula is C19H18N2O2. The van der Waals surface area contributed by atoms with E-state index >= 15 is 0 Å². The van der Waals surface area contributed by atoms with Gasteiger partial charge in [-0.3, -0.25) is 4.99 Å². The molecule has 0 spiro atoms. The summed E-state index contributed by atoms with van der Waals surface area (Å²) < 4.78 is 2.15. The number of carboxylic acid groups (broad SMARTS) is 1.